The molecule has 1 fully saturated rings. The lowest BCUT2D eigenvalue weighted by molar-refractivity contribution is 0.0953. The first-order valence-electron chi connectivity index (χ1n) is 6.61. The van der Waals surface area contributed by atoms with E-state index in [4.69, 9.17) is 5.84 Å². The Morgan fingerprint density at radius 3 is 2.79 bits per heavy atom. The lowest BCUT2D eigenvalue weighted by Crippen LogP contribution is -2.30. The topological polar surface area (TPSA) is 55.1 Å². The fourth-order valence-electron chi connectivity index (χ4n) is 2.35. The number of nitrogens with two attached hydrogens (primary N) is 1. The number of benzene rings is 1. The van der Waals surface area contributed by atoms with Crippen molar-refractivity contribution in [2.75, 3.05) is 0 Å². The maximum atomic E-state index is 13.7. The summed E-state index contributed by atoms with van der Waals surface area (Å²) in [5, 5.41) is 0.625. The Morgan fingerprint density at radius 1 is 1.37 bits per heavy atom. The molecule has 1 aliphatic carbocycles. The van der Waals surface area contributed by atoms with E-state index >= 15 is 0 Å². The van der Waals surface area contributed by atoms with Crippen molar-refractivity contribution < 1.29 is 9.18 Å². The third kappa shape index (κ3) is 3.94. The number of rotatable bonds is 4. The molecule has 0 spiro atoms. The molecule has 0 radical (unpaired) electrons. The smallest absolute Gasteiger partial charge is 0.265 e. The van der Waals surface area contributed by atoms with E-state index in [1.807, 2.05) is 0 Å². The first kappa shape index (κ1) is 14.3. The molecule has 1 aromatic carbocycles. The predicted molar refractivity (Wildman–Crippen MR) is 76.2 cm³/mol. The maximum absolute atomic E-state index is 13.7. The van der Waals surface area contributed by atoms with Crippen LogP contribution in [0.5, 0.6) is 0 Å². The van der Waals surface area contributed by atoms with Crippen molar-refractivity contribution in [2.24, 2.45) is 5.84 Å². The standard InChI is InChI=1S/C14H19FN2OS/c15-13-7-6-10(14(18)17-16)8-11(13)9-19-12-4-2-1-3-5-12/h6-8,12H,1-5,9,16H2,(H,17,18). The van der Waals surface area contributed by atoms with Gasteiger partial charge in [0.05, 0.1) is 0 Å². The molecule has 1 saturated carbocycles. The number of nitrogens with one attached hydrogen (secondary N) is 1. The number of hydrogen-bond donors (Lipinski definition) is 2. The zero-order valence-electron chi connectivity index (χ0n) is 10.8. The van der Waals surface area contributed by atoms with Gasteiger partial charge in [-0.05, 0) is 36.6 Å². The SMILES string of the molecule is NNC(=O)c1ccc(F)c(CSC2CCCCC2)c1. The van der Waals surface area contributed by atoms with E-state index in [9.17, 15) is 9.18 Å². The van der Waals surface area contributed by atoms with Gasteiger partial charge < -0.3 is 0 Å². The van der Waals surface area contributed by atoms with Crippen LogP contribution in [-0.2, 0) is 5.75 Å². The van der Waals surface area contributed by atoms with Crippen molar-refractivity contribution in [3.8, 4) is 0 Å². The van der Waals surface area contributed by atoms with Crippen molar-refractivity contribution in [2.45, 2.75) is 43.1 Å². The molecule has 5 heteroatoms. The number of halogens is 1. The highest BCUT2D eigenvalue weighted by Gasteiger charge is 2.15. The fourth-order valence-corrected chi connectivity index (χ4v) is 3.65. The summed E-state index contributed by atoms with van der Waals surface area (Å²) in [5.74, 6) is 5.06. The molecule has 3 N–H and O–H groups in total. The molecule has 1 aromatic rings. The van der Waals surface area contributed by atoms with Gasteiger partial charge in [0, 0.05) is 16.6 Å². The second-order valence-electron chi connectivity index (χ2n) is 4.85. The minimum absolute atomic E-state index is 0.253. The highest BCUT2D eigenvalue weighted by molar-refractivity contribution is 7.99. The lowest BCUT2D eigenvalue weighted by atomic mass is 10.0. The summed E-state index contributed by atoms with van der Waals surface area (Å²) in [6, 6.07) is 4.38. The van der Waals surface area contributed by atoms with Crippen LogP contribution in [0.15, 0.2) is 18.2 Å². The van der Waals surface area contributed by atoms with E-state index in [1.165, 1.54) is 44.2 Å². The van der Waals surface area contributed by atoms with Crippen LogP contribution in [-0.4, -0.2) is 11.2 Å². The molecule has 0 aromatic heterocycles. The van der Waals surface area contributed by atoms with Crippen LogP contribution in [0.1, 0.15) is 48.0 Å². The van der Waals surface area contributed by atoms with Gasteiger partial charge in [-0.15, -0.1) is 0 Å². The summed E-state index contributed by atoms with van der Waals surface area (Å²) in [7, 11) is 0. The zero-order chi connectivity index (χ0) is 13.7. The Hall–Kier alpha value is -1.07. The minimum Gasteiger partial charge on any atom is -0.290 e. The van der Waals surface area contributed by atoms with Crippen LogP contribution in [0.3, 0.4) is 0 Å². The van der Waals surface area contributed by atoms with E-state index in [2.05, 4.69) is 5.43 Å². The van der Waals surface area contributed by atoms with Crippen LogP contribution in [0.4, 0.5) is 4.39 Å². The average molecular weight is 282 g/mol. The van der Waals surface area contributed by atoms with Gasteiger partial charge in [0.25, 0.3) is 5.91 Å². The summed E-state index contributed by atoms with van der Waals surface area (Å²) in [6.07, 6.45) is 6.30. The number of thioether (sulfide) groups is 1. The molecule has 0 bridgehead atoms. The quantitative estimate of drug-likeness (QED) is 0.507. The molecular weight excluding hydrogens is 263 g/mol. The zero-order valence-corrected chi connectivity index (χ0v) is 11.6. The lowest BCUT2D eigenvalue weighted by Gasteiger charge is -2.21. The molecule has 0 atom stereocenters. The number of amides is 1. The van der Waals surface area contributed by atoms with Crippen molar-refractivity contribution in [1.82, 2.24) is 5.43 Å². The van der Waals surface area contributed by atoms with Crippen LogP contribution < -0.4 is 11.3 Å². The Bertz CT molecular complexity index is 447. The van der Waals surface area contributed by atoms with Crippen molar-refractivity contribution in [1.29, 1.82) is 0 Å². The van der Waals surface area contributed by atoms with Crippen LogP contribution in [0, 0.1) is 5.82 Å². The van der Waals surface area contributed by atoms with Crippen molar-refractivity contribution in [3.63, 3.8) is 0 Å². The van der Waals surface area contributed by atoms with Gasteiger partial charge in [0.2, 0.25) is 0 Å². The Morgan fingerprint density at radius 2 is 2.11 bits per heavy atom. The first-order valence-corrected chi connectivity index (χ1v) is 7.66. The van der Waals surface area contributed by atoms with Crippen LogP contribution in [0.25, 0.3) is 0 Å². The van der Waals surface area contributed by atoms with Gasteiger partial charge in [-0.1, -0.05) is 19.3 Å². The van der Waals surface area contributed by atoms with E-state index < -0.39 is 0 Å². The summed E-state index contributed by atoms with van der Waals surface area (Å²) in [4.78, 5) is 11.4. The van der Waals surface area contributed by atoms with Crippen LogP contribution >= 0.6 is 11.8 Å². The second kappa shape index (κ2) is 6.91. The van der Waals surface area contributed by atoms with Crippen molar-refractivity contribution >= 4 is 17.7 Å². The number of nitrogen functional groups attached to an aromatic ring is 1. The normalized spacial score (nSPS) is 16.3. The van der Waals surface area contributed by atoms with E-state index in [0.29, 0.717) is 22.1 Å². The Kier molecular flexibility index (Phi) is 5.22. The maximum Gasteiger partial charge on any atom is 0.265 e. The highest BCUT2D eigenvalue weighted by Crippen LogP contribution is 2.31. The van der Waals surface area contributed by atoms with Crippen LogP contribution in [0.2, 0.25) is 0 Å². The van der Waals surface area contributed by atoms with E-state index in [-0.39, 0.29) is 11.7 Å². The molecule has 104 valence electrons. The largest absolute Gasteiger partial charge is 0.290 e. The highest BCUT2D eigenvalue weighted by atomic mass is 32.2. The molecule has 0 aliphatic heterocycles. The predicted octanol–water partition coefficient (Wildman–Crippen LogP) is 3.00. The number of hydrogen-bond acceptors (Lipinski definition) is 3. The fraction of sp³-hybridized carbons (Fsp3) is 0.500. The van der Waals surface area contributed by atoms with E-state index in [0.717, 1.165) is 0 Å². The number of hydrazine groups is 1. The van der Waals surface area contributed by atoms with Gasteiger partial charge in [0.1, 0.15) is 5.82 Å². The van der Waals surface area contributed by atoms with Gasteiger partial charge in [-0.2, -0.15) is 11.8 Å². The molecule has 1 amide bonds. The molecule has 0 unspecified atom stereocenters. The second-order valence-corrected chi connectivity index (χ2v) is 6.14. The Labute approximate surface area is 117 Å². The van der Waals surface area contributed by atoms with Crippen molar-refractivity contribution in [3.05, 3.63) is 35.1 Å². The minimum atomic E-state index is -0.385. The van der Waals surface area contributed by atoms with Gasteiger partial charge >= 0.3 is 0 Å². The molecule has 1 aliphatic rings. The monoisotopic (exact) mass is 282 g/mol. The molecule has 0 saturated heterocycles. The molecule has 19 heavy (non-hydrogen) atoms. The molecular formula is C14H19FN2OS. The van der Waals surface area contributed by atoms with E-state index in [1.54, 1.807) is 17.8 Å². The third-order valence-electron chi connectivity index (χ3n) is 3.47. The first-order chi connectivity index (χ1) is 9.20. The van der Waals surface area contributed by atoms with Gasteiger partial charge in [-0.3, -0.25) is 10.2 Å². The Balaban J connectivity index is 2.00. The summed E-state index contributed by atoms with van der Waals surface area (Å²) >= 11 is 1.79. The third-order valence-corrected chi connectivity index (χ3v) is 4.89. The molecule has 3 nitrogen and oxygen atoms in total. The number of carbonyl (C=O) groups excluding carboxylic acids is 1. The molecule has 0 heterocycles. The average Bonchev–Trinajstić information content (AvgIpc) is 2.46. The van der Waals surface area contributed by atoms with Gasteiger partial charge in [0.15, 0.2) is 0 Å². The summed E-state index contributed by atoms with van der Waals surface area (Å²) < 4.78 is 13.7. The summed E-state index contributed by atoms with van der Waals surface area (Å²) in [5.41, 5.74) is 3.05. The van der Waals surface area contributed by atoms with Gasteiger partial charge in [-0.25, -0.2) is 10.2 Å². The number of carbonyl (C=O) groups is 1. The summed E-state index contributed by atoms with van der Waals surface area (Å²) in [6.45, 7) is 0. The molecule has 2 rings (SSSR count).